The number of furan rings is 1. The predicted octanol–water partition coefficient (Wildman–Crippen LogP) is 4.09. The highest BCUT2D eigenvalue weighted by molar-refractivity contribution is 7.24. The van der Waals surface area contributed by atoms with Gasteiger partial charge in [0.1, 0.15) is 0 Å². The van der Waals surface area contributed by atoms with Gasteiger partial charge in [-0.25, -0.2) is 4.98 Å². The van der Waals surface area contributed by atoms with Crippen molar-refractivity contribution in [1.82, 2.24) is 15.2 Å². The Morgan fingerprint density at radius 1 is 1.20 bits per heavy atom. The van der Waals surface area contributed by atoms with Crippen molar-refractivity contribution in [3.63, 3.8) is 0 Å². The van der Waals surface area contributed by atoms with Crippen molar-refractivity contribution in [2.24, 2.45) is 0 Å². The lowest BCUT2D eigenvalue weighted by atomic mass is 10.1. The van der Waals surface area contributed by atoms with Gasteiger partial charge in [0.25, 0.3) is 0 Å². The first-order valence-electron chi connectivity index (χ1n) is 6.25. The second-order valence-corrected chi connectivity index (χ2v) is 6.50. The fourth-order valence-corrected chi connectivity index (χ4v) is 3.76. The number of hydrogen-bond donors (Lipinski definition) is 1. The third kappa shape index (κ3) is 2.34. The second-order valence-electron chi connectivity index (χ2n) is 4.53. The van der Waals surface area contributed by atoms with Gasteiger partial charge < -0.3 is 9.73 Å². The number of hydrogen-bond acceptors (Lipinski definition) is 7. The molecule has 20 heavy (non-hydrogen) atoms. The molecule has 0 aliphatic rings. The Morgan fingerprint density at radius 2 is 2.05 bits per heavy atom. The molecule has 5 nitrogen and oxygen atoms in total. The van der Waals surface area contributed by atoms with E-state index in [1.54, 1.807) is 17.6 Å². The summed E-state index contributed by atoms with van der Waals surface area (Å²) in [5.41, 5.74) is 1.04. The van der Waals surface area contributed by atoms with Gasteiger partial charge in [0, 0.05) is 7.05 Å². The summed E-state index contributed by atoms with van der Waals surface area (Å²) in [5.74, 6) is 1.12. The van der Waals surface area contributed by atoms with Crippen LogP contribution in [0.2, 0.25) is 0 Å². The summed E-state index contributed by atoms with van der Waals surface area (Å²) in [7, 11) is 1.84. The van der Waals surface area contributed by atoms with E-state index >= 15 is 0 Å². The second kappa shape index (κ2) is 5.34. The van der Waals surface area contributed by atoms with Crippen molar-refractivity contribution >= 4 is 27.8 Å². The topological polar surface area (TPSA) is 63.8 Å². The van der Waals surface area contributed by atoms with E-state index in [-0.39, 0.29) is 0 Å². The van der Waals surface area contributed by atoms with Crippen LogP contribution >= 0.6 is 22.7 Å². The van der Waals surface area contributed by atoms with E-state index in [2.05, 4.69) is 29.4 Å². The first-order chi connectivity index (χ1) is 9.69. The van der Waals surface area contributed by atoms with Gasteiger partial charge >= 0.3 is 0 Å². The SMILES string of the molecule is CNc1nnc(-c2sc(-c3ccco3)nc2C(C)C)s1. The van der Waals surface area contributed by atoms with Crippen LogP contribution in [0.3, 0.4) is 0 Å². The molecule has 0 aliphatic heterocycles. The molecule has 0 saturated heterocycles. The van der Waals surface area contributed by atoms with Crippen LogP contribution in [0.4, 0.5) is 5.13 Å². The average molecular weight is 306 g/mol. The molecule has 7 heteroatoms. The zero-order valence-corrected chi connectivity index (χ0v) is 13.0. The highest BCUT2D eigenvalue weighted by Crippen LogP contribution is 2.40. The molecular weight excluding hydrogens is 292 g/mol. The minimum atomic E-state index is 0.326. The lowest BCUT2D eigenvalue weighted by Gasteiger charge is -2.01. The lowest BCUT2D eigenvalue weighted by molar-refractivity contribution is 0.581. The molecule has 0 saturated carbocycles. The van der Waals surface area contributed by atoms with Crippen molar-refractivity contribution < 1.29 is 4.42 Å². The Morgan fingerprint density at radius 3 is 2.65 bits per heavy atom. The molecule has 3 aromatic rings. The zero-order chi connectivity index (χ0) is 14.1. The van der Waals surface area contributed by atoms with Crippen LogP contribution in [0, 0.1) is 0 Å². The van der Waals surface area contributed by atoms with Crippen LogP contribution in [0.5, 0.6) is 0 Å². The van der Waals surface area contributed by atoms with Gasteiger partial charge in [-0.1, -0.05) is 25.2 Å². The highest BCUT2D eigenvalue weighted by Gasteiger charge is 2.20. The van der Waals surface area contributed by atoms with Crippen LogP contribution in [0.1, 0.15) is 25.5 Å². The van der Waals surface area contributed by atoms with Gasteiger partial charge in [0.15, 0.2) is 15.8 Å². The summed E-state index contributed by atoms with van der Waals surface area (Å²) in [5, 5.41) is 13.9. The zero-order valence-electron chi connectivity index (χ0n) is 11.4. The molecule has 3 rings (SSSR count). The summed E-state index contributed by atoms with van der Waals surface area (Å²) < 4.78 is 5.43. The first kappa shape index (κ1) is 13.3. The van der Waals surface area contributed by atoms with Crippen molar-refractivity contribution in [1.29, 1.82) is 0 Å². The molecular formula is C13H14N4OS2. The molecule has 0 atom stereocenters. The summed E-state index contributed by atoms with van der Waals surface area (Å²) in [4.78, 5) is 5.78. The monoisotopic (exact) mass is 306 g/mol. The van der Waals surface area contributed by atoms with Crippen LogP contribution in [-0.2, 0) is 0 Å². The molecule has 0 unspecified atom stereocenters. The van der Waals surface area contributed by atoms with Crippen molar-refractivity contribution in [3.05, 3.63) is 24.1 Å². The minimum Gasteiger partial charge on any atom is -0.462 e. The van der Waals surface area contributed by atoms with E-state index in [9.17, 15) is 0 Å². The van der Waals surface area contributed by atoms with Crippen molar-refractivity contribution in [2.45, 2.75) is 19.8 Å². The molecule has 3 aromatic heterocycles. The standard InChI is InChI=1S/C13H14N4OS2/c1-7(2)9-10(12-16-17-13(14-3)20-12)19-11(15-9)8-5-4-6-18-8/h4-7H,1-3H3,(H,14,17). The number of thiazole rings is 1. The van der Waals surface area contributed by atoms with Crippen LogP contribution in [0.25, 0.3) is 20.7 Å². The van der Waals surface area contributed by atoms with E-state index in [1.165, 1.54) is 11.3 Å². The Bertz CT molecular complexity index is 700. The van der Waals surface area contributed by atoms with Gasteiger partial charge in [-0.15, -0.1) is 21.5 Å². The number of aromatic nitrogens is 3. The minimum absolute atomic E-state index is 0.326. The largest absolute Gasteiger partial charge is 0.462 e. The van der Waals surface area contributed by atoms with Gasteiger partial charge in [0.2, 0.25) is 5.13 Å². The number of nitrogens with one attached hydrogen (secondary N) is 1. The van der Waals surface area contributed by atoms with Crippen molar-refractivity contribution in [2.75, 3.05) is 12.4 Å². The van der Waals surface area contributed by atoms with E-state index in [4.69, 9.17) is 9.40 Å². The Hall–Kier alpha value is -1.73. The molecule has 104 valence electrons. The highest BCUT2D eigenvalue weighted by atomic mass is 32.1. The molecule has 0 aliphatic carbocycles. The van der Waals surface area contributed by atoms with Gasteiger partial charge in [-0.3, -0.25) is 0 Å². The molecule has 1 N–H and O–H groups in total. The number of nitrogens with zero attached hydrogens (tertiary/aromatic N) is 3. The normalized spacial score (nSPS) is 11.2. The van der Waals surface area contributed by atoms with Crippen molar-refractivity contribution in [3.8, 4) is 20.7 Å². The van der Waals surface area contributed by atoms with Crippen LogP contribution in [-0.4, -0.2) is 22.2 Å². The molecule has 0 fully saturated rings. The first-order valence-corrected chi connectivity index (χ1v) is 7.88. The summed E-state index contributed by atoms with van der Waals surface area (Å²) in [6.07, 6.45) is 1.66. The smallest absolute Gasteiger partial charge is 0.205 e. The Kier molecular flexibility index (Phi) is 3.54. The number of rotatable bonds is 4. The average Bonchev–Trinajstić information content (AvgIpc) is 3.17. The summed E-state index contributed by atoms with van der Waals surface area (Å²) in [6.45, 7) is 4.26. The van der Waals surface area contributed by atoms with Crippen LogP contribution < -0.4 is 5.32 Å². The third-order valence-electron chi connectivity index (χ3n) is 2.77. The van der Waals surface area contributed by atoms with E-state index in [0.29, 0.717) is 5.92 Å². The fraction of sp³-hybridized carbons (Fsp3) is 0.308. The fourth-order valence-electron chi connectivity index (χ4n) is 1.80. The van der Waals surface area contributed by atoms with E-state index in [1.807, 2.05) is 19.2 Å². The maximum absolute atomic E-state index is 5.43. The predicted molar refractivity (Wildman–Crippen MR) is 82.4 cm³/mol. The summed E-state index contributed by atoms with van der Waals surface area (Å²) >= 11 is 3.13. The quantitative estimate of drug-likeness (QED) is 0.786. The van der Waals surface area contributed by atoms with E-state index < -0.39 is 0 Å². The summed E-state index contributed by atoms with van der Waals surface area (Å²) in [6, 6.07) is 3.79. The number of anilines is 1. The lowest BCUT2D eigenvalue weighted by Crippen LogP contribution is -1.90. The molecule has 0 radical (unpaired) electrons. The van der Waals surface area contributed by atoms with Gasteiger partial charge in [-0.05, 0) is 18.1 Å². The molecule has 3 heterocycles. The Balaban J connectivity index is 2.09. The maximum atomic E-state index is 5.43. The Labute approximate surface area is 124 Å². The molecule has 0 aromatic carbocycles. The molecule has 0 spiro atoms. The molecule has 0 amide bonds. The van der Waals surface area contributed by atoms with Crippen LogP contribution in [0.15, 0.2) is 22.8 Å². The third-order valence-corrected chi connectivity index (χ3v) is 4.95. The molecule has 0 bridgehead atoms. The van der Waals surface area contributed by atoms with E-state index in [0.717, 1.165) is 31.5 Å². The van der Waals surface area contributed by atoms with Gasteiger partial charge in [-0.2, -0.15) is 0 Å². The van der Waals surface area contributed by atoms with Gasteiger partial charge in [0.05, 0.1) is 16.8 Å². The maximum Gasteiger partial charge on any atom is 0.205 e.